The Morgan fingerprint density at radius 3 is 2.47 bits per heavy atom. The van der Waals surface area contributed by atoms with Crippen LogP contribution in [0.15, 0.2) is 64.2 Å². The van der Waals surface area contributed by atoms with Crippen LogP contribution in [0, 0.1) is 0 Å². The molecule has 0 fully saturated rings. The molecule has 2 N–H and O–H groups in total. The van der Waals surface area contributed by atoms with Gasteiger partial charge in [0.2, 0.25) is 0 Å². The molecule has 0 aliphatic rings. The molecular formula is C14H14BrNO. The second-order valence-corrected chi connectivity index (χ2v) is 4.77. The first-order valence-electron chi connectivity index (χ1n) is 5.39. The lowest BCUT2D eigenvalue weighted by molar-refractivity contribution is 0.448. The van der Waals surface area contributed by atoms with Gasteiger partial charge in [-0.05, 0) is 29.8 Å². The Morgan fingerprint density at radius 2 is 1.94 bits per heavy atom. The zero-order valence-corrected chi connectivity index (χ0v) is 10.9. The Bertz CT molecular complexity index is 475. The van der Waals surface area contributed by atoms with Gasteiger partial charge in [-0.2, -0.15) is 0 Å². The minimum Gasteiger partial charge on any atom is -0.468 e. The van der Waals surface area contributed by atoms with Crippen molar-refractivity contribution in [3.05, 3.63) is 71.1 Å². The Morgan fingerprint density at radius 1 is 1.24 bits per heavy atom. The third kappa shape index (κ3) is 2.68. The molecule has 0 aliphatic carbocycles. The first-order chi connectivity index (χ1) is 8.22. The molecule has 0 spiro atoms. The third-order valence-electron chi connectivity index (χ3n) is 2.77. The van der Waals surface area contributed by atoms with Gasteiger partial charge in [0.05, 0.1) is 12.3 Å². The van der Waals surface area contributed by atoms with Crippen molar-refractivity contribution >= 4 is 15.9 Å². The van der Waals surface area contributed by atoms with Crippen molar-refractivity contribution in [2.24, 2.45) is 5.73 Å². The summed E-state index contributed by atoms with van der Waals surface area (Å²) in [7, 11) is 0. The number of furan rings is 1. The molecule has 0 saturated heterocycles. The van der Waals surface area contributed by atoms with Gasteiger partial charge in [0.15, 0.2) is 0 Å². The molecule has 0 radical (unpaired) electrons. The fourth-order valence-corrected chi connectivity index (χ4v) is 2.10. The Balaban J connectivity index is 2.27. The summed E-state index contributed by atoms with van der Waals surface area (Å²) in [6, 6.07) is 11.6. The largest absolute Gasteiger partial charge is 0.468 e. The number of benzene rings is 1. The number of hydrogen-bond donors (Lipinski definition) is 1. The number of rotatable bonds is 4. The molecule has 0 bridgehead atoms. The van der Waals surface area contributed by atoms with Gasteiger partial charge >= 0.3 is 0 Å². The van der Waals surface area contributed by atoms with Crippen molar-refractivity contribution < 1.29 is 4.42 Å². The topological polar surface area (TPSA) is 39.2 Å². The van der Waals surface area contributed by atoms with E-state index in [0.29, 0.717) is 0 Å². The molecule has 2 nitrogen and oxygen atoms in total. The molecule has 2 atom stereocenters. The van der Waals surface area contributed by atoms with Gasteiger partial charge in [-0.15, -0.1) is 6.58 Å². The van der Waals surface area contributed by atoms with Gasteiger partial charge in [-0.3, -0.25) is 0 Å². The van der Waals surface area contributed by atoms with Gasteiger partial charge in [0.1, 0.15) is 5.76 Å². The molecule has 2 rings (SSSR count). The lowest BCUT2D eigenvalue weighted by atomic mass is 9.91. The van der Waals surface area contributed by atoms with Crippen LogP contribution in [0.3, 0.4) is 0 Å². The van der Waals surface area contributed by atoms with Crippen LogP contribution in [-0.2, 0) is 0 Å². The summed E-state index contributed by atoms with van der Waals surface area (Å²) < 4.78 is 6.39. The Hall–Kier alpha value is -1.32. The highest BCUT2D eigenvalue weighted by Gasteiger charge is 2.20. The van der Waals surface area contributed by atoms with Gasteiger partial charge in [0, 0.05) is 10.4 Å². The highest BCUT2D eigenvalue weighted by Crippen LogP contribution is 2.30. The van der Waals surface area contributed by atoms with Crippen LogP contribution in [0.2, 0.25) is 0 Å². The summed E-state index contributed by atoms with van der Waals surface area (Å²) >= 11 is 3.42. The molecule has 1 aromatic heterocycles. The van der Waals surface area contributed by atoms with Crippen LogP contribution >= 0.6 is 15.9 Å². The highest BCUT2D eigenvalue weighted by atomic mass is 79.9. The summed E-state index contributed by atoms with van der Waals surface area (Å²) in [6.07, 6.45) is 3.49. The first-order valence-corrected chi connectivity index (χ1v) is 6.18. The van der Waals surface area contributed by atoms with Gasteiger partial charge in [0.25, 0.3) is 0 Å². The van der Waals surface area contributed by atoms with E-state index in [2.05, 4.69) is 22.5 Å². The van der Waals surface area contributed by atoms with Gasteiger partial charge in [-0.25, -0.2) is 0 Å². The maximum Gasteiger partial charge on any atom is 0.121 e. The standard InChI is InChI=1S/C14H14BrNO/c1-2-12(10-5-7-11(15)8-6-10)14(16)13-4-3-9-17-13/h2-9,12,14H,1,16H2/t12-,14-/m1/s1. The van der Waals surface area contributed by atoms with Crippen molar-refractivity contribution in [3.8, 4) is 0 Å². The van der Waals surface area contributed by atoms with Crippen molar-refractivity contribution in [3.63, 3.8) is 0 Å². The fraction of sp³-hybridized carbons (Fsp3) is 0.143. The van der Waals surface area contributed by atoms with Crippen LogP contribution in [0.4, 0.5) is 0 Å². The summed E-state index contributed by atoms with van der Waals surface area (Å²) in [5, 5.41) is 0. The maximum absolute atomic E-state index is 6.19. The average Bonchev–Trinajstić information content (AvgIpc) is 2.86. The zero-order valence-electron chi connectivity index (χ0n) is 9.34. The average molecular weight is 292 g/mol. The van der Waals surface area contributed by atoms with E-state index in [4.69, 9.17) is 10.2 Å². The summed E-state index contributed by atoms with van der Waals surface area (Å²) in [5.74, 6) is 0.826. The molecule has 0 aliphatic heterocycles. The molecular weight excluding hydrogens is 278 g/mol. The van der Waals surface area contributed by atoms with Crippen LogP contribution in [-0.4, -0.2) is 0 Å². The number of halogens is 1. The zero-order chi connectivity index (χ0) is 12.3. The fourth-order valence-electron chi connectivity index (χ4n) is 1.83. The minimum atomic E-state index is -0.205. The quantitative estimate of drug-likeness (QED) is 0.865. The normalized spacial score (nSPS) is 14.2. The van der Waals surface area contributed by atoms with Crippen LogP contribution in [0.5, 0.6) is 0 Å². The van der Waals surface area contributed by atoms with Crippen molar-refractivity contribution in [2.75, 3.05) is 0 Å². The maximum atomic E-state index is 6.19. The monoisotopic (exact) mass is 291 g/mol. The molecule has 0 amide bonds. The molecule has 1 aromatic carbocycles. The van der Waals surface area contributed by atoms with E-state index in [1.54, 1.807) is 6.26 Å². The van der Waals surface area contributed by atoms with E-state index in [1.165, 1.54) is 0 Å². The van der Waals surface area contributed by atoms with Crippen molar-refractivity contribution in [1.29, 1.82) is 0 Å². The Labute approximate surface area is 109 Å². The lowest BCUT2D eigenvalue weighted by Gasteiger charge is -2.19. The van der Waals surface area contributed by atoms with E-state index in [-0.39, 0.29) is 12.0 Å². The van der Waals surface area contributed by atoms with E-state index in [0.717, 1.165) is 15.8 Å². The van der Waals surface area contributed by atoms with Crippen molar-refractivity contribution in [2.45, 2.75) is 12.0 Å². The predicted octanol–water partition coefficient (Wildman–Crippen LogP) is 4.01. The van der Waals surface area contributed by atoms with Gasteiger partial charge < -0.3 is 10.2 Å². The molecule has 3 heteroatoms. The number of hydrogen-bond acceptors (Lipinski definition) is 2. The Kier molecular flexibility index (Phi) is 3.82. The SMILES string of the molecule is C=C[C@H](c1ccc(Br)cc1)[C@@H](N)c1ccco1. The minimum absolute atomic E-state index is 0.0502. The molecule has 88 valence electrons. The summed E-state index contributed by atoms with van der Waals surface area (Å²) in [6.45, 7) is 3.86. The van der Waals surface area contributed by atoms with E-state index < -0.39 is 0 Å². The van der Waals surface area contributed by atoms with E-state index >= 15 is 0 Å². The molecule has 0 unspecified atom stereocenters. The number of nitrogens with two attached hydrogens (primary N) is 1. The first kappa shape index (κ1) is 12.1. The third-order valence-corrected chi connectivity index (χ3v) is 3.30. The summed E-state index contributed by atoms with van der Waals surface area (Å²) in [4.78, 5) is 0. The molecule has 1 heterocycles. The van der Waals surface area contributed by atoms with Crippen LogP contribution in [0.25, 0.3) is 0 Å². The highest BCUT2D eigenvalue weighted by molar-refractivity contribution is 9.10. The summed E-state index contributed by atoms with van der Waals surface area (Å²) in [5.41, 5.74) is 7.32. The van der Waals surface area contributed by atoms with Gasteiger partial charge in [-0.1, -0.05) is 34.1 Å². The molecule has 2 aromatic rings. The van der Waals surface area contributed by atoms with E-state index in [9.17, 15) is 0 Å². The predicted molar refractivity (Wildman–Crippen MR) is 72.7 cm³/mol. The molecule has 0 saturated carbocycles. The smallest absolute Gasteiger partial charge is 0.121 e. The van der Waals surface area contributed by atoms with E-state index in [1.807, 2.05) is 42.5 Å². The van der Waals surface area contributed by atoms with Crippen LogP contribution in [0.1, 0.15) is 23.3 Å². The lowest BCUT2D eigenvalue weighted by Crippen LogP contribution is -2.17. The second kappa shape index (κ2) is 5.34. The van der Waals surface area contributed by atoms with Crippen LogP contribution < -0.4 is 5.73 Å². The van der Waals surface area contributed by atoms with Crippen molar-refractivity contribution in [1.82, 2.24) is 0 Å². The second-order valence-electron chi connectivity index (χ2n) is 3.85. The molecule has 17 heavy (non-hydrogen) atoms.